The Morgan fingerprint density at radius 1 is 1.30 bits per heavy atom. The number of rotatable bonds is 2. The minimum atomic E-state index is -0.178. The SMILES string of the molecule is CSc1ncc2c(=O)n(-c3ccccc3Cl)n(C)c2n1. The van der Waals surface area contributed by atoms with Gasteiger partial charge in [0.05, 0.1) is 10.7 Å². The molecule has 0 spiro atoms. The van der Waals surface area contributed by atoms with Gasteiger partial charge in [0.1, 0.15) is 5.39 Å². The normalized spacial score (nSPS) is 11.2. The van der Waals surface area contributed by atoms with Crippen LogP contribution in [0.25, 0.3) is 16.7 Å². The molecule has 0 bridgehead atoms. The van der Waals surface area contributed by atoms with Crippen molar-refractivity contribution in [3.8, 4) is 5.69 Å². The number of benzene rings is 1. The lowest BCUT2D eigenvalue weighted by atomic mass is 10.3. The van der Waals surface area contributed by atoms with Crippen LogP contribution in [0.4, 0.5) is 0 Å². The van der Waals surface area contributed by atoms with Gasteiger partial charge in [-0.15, -0.1) is 0 Å². The van der Waals surface area contributed by atoms with E-state index in [1.165, 1.54) is 16.4 Å². The molecule has 0 fully saturated rings. The Labute approximate surface area is 124 Å². The summed E-state index contributed by atoms with van der Waals surface area (Å²) in [6, 6.07) is 7.21. The summed E-state index contributed by atoms with van der Waals surface area (Å²) in [5, 5.41) is 1.62. The number of aromatic nitrogens is 4. The number of nitrogens with zero attached hydrogens (tertiary/aromatic N) is 4. The lowest BCUT2D eigenvalue weighted by Crippen LogP contribution is -2.19. The maximum absolute atomic E-state index is 12.5. The number of para-hydroxylation sites is 1. The van der Waals surface area contributed by atoms with Gasteiger partial charge in [-0.05, 0) is 18.4 Å². The number of aryl methyl sites for hydroxylation is 1. The highest BCUT2D eigenvalue weighted by Crippen LogP contribution is 2.20. The van der Waals surface area contributed by atoms with E-state index in [0.29, 0.717) is 26.9 Å². The minimum Gasteiger partial charge on any atom is -0.267 e. The molecular weight excluding hydrogens is 296 g/mol. The summed E-state index contributed by atoms with van der Waals surface area (Å²) in [6.45, 7) is 0. The van der Waals surface area contributed by atoms with Crippen LogP contribution in [0, 0.1) is 0 Å². The van der Waals surface area contributed by atoms with Crippen LogP contribution in [0.2, 0.25) is 5.02 Å². The van der Waals surface area contributed by atoms with Crippen molar-refractivity contribution >= 4 is 34.4 Å². The van der Waals surface area contributed by atoms with E-state index < -0.39 is 0 Å². The van der Waals surface area contributed by atoms with Crippen LogP contribution in [-0.4, -0.2) is 25.6 Å². The molecule has 1 aromatic carbocycles. The molecule has 102 valence electrons. The second-order valence-electron chi connectivity index (χ2n) is 4.19. The van der Waals surface area contributed by atoms with E-state index in [-0.39, 0.29) is 5.56 Å². The molecule has 2 aromatic heterocycles. The molecule has 2 heterocycles. The largest absolute Gasteiger partial charge is 0.282 e. The van der Waals surface area contributed by atoms with Crippen LogP contribution < -0.4 is 5.56 Å². The molecule has 0 saturated carbocycles. The molecule has 0 unspecified atom stereocenters. The maximum Gasteiger partial charge on any atom is 0.282 e. The standard InChI is InChI=1S/C13H11ClN4OS/c1-17-11-8(7-15-13(16-11)20-2)12(19)18(17)10-6-4-3-5-9(10)14/h3-7H,1-2H3. The second-order valence-corrected chi connectivity index (χ2v) is 5.37. The fourth-order valence-electron chi connectivity index (χ4n) is 2.09. The van der Waals surface area contributed by atoms with Gasteiger partial charge in [0.2, 0.25) is 0 Å². The second kappa shape index (κ2) is 4.96. The van der Waals surface area contributed by atoms with Gasteiger partial charge in [0.15, 0.2) is 10.8 Å². The molecule has 7 heteroatoms. The fourth-order valence-corrected chi connectivity index (χ4v) is 2.64. The number of thioether (sulfide) groups is 1. The van der Waals surface area contributed by atoms with Gasteiger partial charge < -0.3 is 0 Å². The summed E-state index contributed by atoms with van der Waals surface area (Å²) in [6.07, 6.45) is 3.45. The van der Waals surface area contributed by atoms with Gasteiger partial charge in [-0.25, -0.2) is 14.6 Å². The number of halogens is 1. The topological polar surface area (TPSA) is 52.7 Å². The molecule has 0 saturated heterocycles. The summed E-state index contributed by atoms with van der Waals surface area (Å²) in [7, 11) is 1.78. The van der Waals surface area contributed by atoms with Gasteiger partial charge in [-0.2, -0.15) is 0 Å². The molecule has 20 heavy (non-hydrogen) atoms. The van der Waals surface area contributed by atoms with Gasteiger partial charge in [0.25, 0.3) is 5.56 Å². The van der Waals surface area contributed by atoms with Crippen molar-refractivity contribution in [3.63, 3.8) is 0 Å². The fraction of sp³-hybridized carbons (Fsp3) is 0.154. The van der Waals surface area contributed by atoms with Crippen molar-refractivity contribution in [2.75, 3.05) is 6.26 Å². The molecule has 0 N–H and O–H groups in total. The molecule has 0 aliphatic carbocycles. The highest BCUT2D eigenvalue weighted by Gasteiger charge is 2.16. The van der Waals surface area contributed by atoms with E-state index in [1.807, 2.05) is 18.4 Å². The molecule has 0 atom stereocenters. The van der Waals surface area contributed by atoms with Gasteiger partial charge in [-0.1, -0.05) is 35.5 Å². The average Bonchev–Trinajstić information content (AvgIpc) is 2.71. The van der Waals surface area contributed by atoms with Crippen LogP contribution in [0.3, 0.4) is 0 Å². The molecule has 0 amide bonds. The average molecular weight is 307 g/mol. The summed E-state index contributed by atoms with van der Waals surface area (Å²) in [5.74, 6) is 0. The molecule has 0 aliphatic heterocycles. The smallest absolute Gasteiger partial charge is 0.267 e. The quantitative estimate of drug-likeness (QED) is 0.539. The Balaban J connectivity index is 2.38. The zero-order chi connectivity index (χ0) is 14.3. The summed E-state index contributed by atoms with van der Waals surface area (Å²) >= 11 is 7.61. The van der Waals surface area contributed by atoms with E-state index in [9.17, 15) is 4.79 Å². The molecular formula is C13H11ClN4OS. The first kappa shape index (κ1) is 13.2. The van der Waals surface area contributed by atoms with Crippen molar-refractivity contribution in [3.05, 3.63) is 45.8 Å². The predicted molar refractivity (Wildman–Crippen MR) is 80.9 cm³/mol. The van der Waals surface area contributed by atoms with Crippen LogP contribution in [0.5, 0.6) is 0 Å². The van der Waals surface area contributed by atoms with Gasteiger partial charge in [0, 0.05) is 13.2 Å². The van der Waals surface area contributed by atoms with Crippen LogP contribution in [-0.2, 0) is 7.05 Å². The van der Waals surface area contributed by atoms with E-state index in [4.69, 9.17) is 11.6 Å². The zero-order valence-corrected chi connectivity index (χ0v) is 12.4. The summed E-state index contributed by atoms with van der Waals surface area (Å²) in [4.78, 5) is 21.0. The first-order valence-corrected chi connectivity index (χ1v) is 7.47. The van der Waals surface area contributed by atoms with Crippen molar-refractivity contribution in [2.24, 2.45) is 7.05 Å². The van der Waals surface area contributed by atoms with E-state index >= 15 is 0 Å². The van der Waals surface area contributed by atoms with E-state index in [1.54, 1.807) is 30.1 Å². The predicted octanol–water partition coefficient (Wildman–Crippen LogP) is 2.49. The zero-order valence-electron chi connectivity index (χ0n) is 10.9. The molecule has 3 aromatic rings. The molecule has 3 rings (SSSR count). The highest BCUT2D eigenvalue weighted by atomic mass is 35.5. The van der Waals surface area contributed by atoms with Crippen LogP contribution in [0.15, 0.2) is 40.4 Å². The van der Waals surface area contributed by atoms with Crippen molar-refractivity contribution in [2.45, 2.75) is 5.16 Å². The Bertz CT molecular complexity index is 855. The summed E-state index contributed by atoms with van der Waals surface area (Å²) in [5.41, 5.74) is 1.04. The summed E-state index contributed by atoms with van der Waals surface area (Å²) < 4.78 is 3.20. The number of hydrogen-bond acceptors (Lipinski definition) is 4. The Morgan fingerprint density at radius 2 is 2.05 bits per heavy atom. The molecule has 0 aliphatic rings. The van der Waals surface area contributed by atoms with Crippen molar-refractivity contribution in [1.82, 2.24) is 19.3 Å². The number of hydrogen-bond donors (Lipinski definition) is 0. The third-order valence-corrected chi connectivity index (χ3v) is 3.92. The number of fused-ring (bicyclic) bond motifs is 1. The molecule has 0 radical (unpaired) electrons. The third-order valence-electron chi connectivity index (χ3n) is 3.04. The minimum absolute atomic E-state index is 0.178. The van der Waals surface area contributed by atoms with Crippen molar-refractivity contribution < 1.29 is 0 Å². The maximum atomic E-state index is 12.5. The monoisotopic (exact) mass is 306 g/mol. The van der Waals surface area contributed by atoms with E-state index in [2.05, 4.69) is 9.97 Å². The van der Waals surface area contributed by atoms with Gasteiger partial charge >= 0.3 is 0 Å². The van der Waals surface area contributed by atoms with Gasteiger partial charge in [-0.3, -0.25) is 9.48 Å². The van der Waals surface area contributed by atoms with Crippen LogP contribution >= 0.6 is 23.4 Å². The Morgan fingerprint density at radius 3 is 2.75 bits per heavy atom. The first-order valence-electron chi connectivity index (χ1n) is 5.87. The third kappa shape index (κ3) is 1.92. The first-order chi connectivity index (χ1) is 9.63. The van der Waals surface area contributed by atoms with E-state index in [0.717, 1.165) is 0 Å². The van der Waals surface area contributed by atoms with Crippen LogP contribution in [0.1, 0.15) is 0 Å². The lowest BCUT2D eigenvalue weighted by molar-refractivity contribution is 0.658. The Kier molecular flexibility index (Phi) is 3.27. The Hall–Kier alpha value is -1.79. The highest BCUT2D eigenvalue weighted by molar-refractivity contribution is 7.98. The molecule has 5 nitrogen and oxygen atoms in total. The van der Waals surface area contributed by atoms with Crippen molar-refractivity contribution in [1.29, 1.82) is 0 Å². The lowest BCUT2D eigenvalue weighted by Gasteiger charge is -2.08.